The quantitative estimate of drug-likeness (QED) is 0.0448. The van der Waals surface area contributed by atoms with E-state index in [2.05, 4.69) is 26.3 Å². The molecule has 1 aliphatic carbocycles. The van der Waals surface area contributed by atoms with Crippen LogP contribution in [0, 0.1) is 11.8 Å². The van der Waals surface area contributed by atoms with Crippen LogP contribution < -0.4 is 32.7 Å². The minimum atomic E-state index is -5.13. The number of piperidine rings is 1. The normalized spacial score (nSPS) is 21.5. The van der Waals surface area contributed by atoms with E-state index in [-0.39, 0.29) is 97.6 Å². The number of carbonyl (C=O) groups excluding carboxylic acids is 9. The Morgan fingerprint density at radius 2 is 1.46 bits per heavy atom. The van der Waals surface area contributed by atoms with Crippen LogP contribution in [0.25, 0.3) is 21.9 Å². The van der Waals surface area contributed by atoms with E-state index in [0.29, 0.717) is 29.4 Å². The number of fused-ring (bicyclic) bond motifs is 3. The summed E-state index contributed by atoms with van der Waals surface area (Å²) in [7, 11) is -3.47. The van der Waals surface area contributed by atoms with E-state index < -0.39 is 84.8 Å². The highest BCUT2D eigenvalue weighted by Crippen LogP contribution is 2.40. The number of nitrogens with zero attached hydrogens (tertiary/aromatic N) is 4. The van der Waals surface area contributed by atoms with Crippen LogP contribution in [0.2, 0.25) is 0 Å². The monoisotopic (exact) mass is 1170 g/mol. The fourth-order valence-corrected chi connectivity index (χ4v) is 13.1. The SMILES string of the molecule is Cn1c(=O)n([C@H]2CCC(=O)NC2=O)c2ccc(CC3CCC(CC(=O)N4CCC5CC[C@@H](C(=O)N[C@@H](CCC(N)=O)C(=O)NC(c6ccccc6)c6ccccc6)N5C(=O)[C@@H](NC(=O)c5cc6cc(C(=O)P(=O)(O)O)ccc6[nH]5)C4)CC3)cc21. The second-order valence-corrected chi connectivity index (χ2v) is 24.1. The van der Waals surface area contributed by atoms with Crippen LogP contribution in [-0.4, -0.2) is 124 Å². The minimum absolute atomic E-state index is 0.0221. The summed E-state index contributed by atoms with van der Waals surface area (Å²) in [4.78, 5) is 161. The van der Waals surface area contributed by atoms with Gasteiger partial charge in [0.15, 0.2) is 0 Å². The summed E-state index contributed by atoms with van der Waals surface area (Å²) >= 11 is 0. The van der Waals surface area contributed by atoms with Crippen LogP contribution in [-0.2, 0) is 51.6 Å². The van der Waals surface area contributed by atoms with Crippen molar-refractivity contribution in [2.24, 2.45) is 24.6 Å². The Balaban J connectivity index is 0.845. The van der Waals surface area contributed by atoms with Gasteiger partial charge in [-0.05, 0) is 129 Å². The lowest BCUT2D eigenvalue weighted by atomic mass is 9.78. The number of nitrogens with one attached hydrogen (secondary N) is 5. The van der Waals surface area contributed by atoms with Gasteiger partial charge in [0.05, 0.1) is 17.1 Å². The van der Waals surface area contributed by atoms with E-state index in [1.165, 1.54) is 38.3 Å². The first-order valence-electron chi connectivity index (χ1n) is 28.4. The van der Waals surface area contributed by atoms with Gasteiger partial charge in [-0.2, -0.15) is 0 Å². The first kappa shape index (κ1) is 58.7. The molecule has 1 saturated carbocycles. The lowest BCUT2D eigenvalue weighted by molar-refractivity contribution is -0.146. The van der Waals surface area contributed by atoms with Gasteiger partial charge in [0.2, 0.25) is 41.4 Å². The molecule has 0 bridgehead atoms. The molecule has 23 nitrogen and oxygen atoms in total. The molecule has 8 amide bonds. The molecule has 10 rings (SSSR count). The minimum Gasteiger partial charge on any atom is -0.370 e. The fraction of sp³-hybridized carbons (Fsp3) is 0.400. The van der Waals surface area contributed by atoms with Gasteiger partial charge in [-0.1, -0.05) is 66.7 Å². The Hall–Kier alpha value is -8.53. The Bertz CT molecular complexity index is 3640. The lowest BCUT2D eigenvalue weighted by Crippen LogP contribution is -2.62. The number of primary amides is 1. The van der Waals surface area contributed by atoms with Crippen LogP contribution >= 0.6 is 7.60 Å². The van der Waals surface area contributed by atoms with Crippen molar-refractivity contribution >= 4 is 82.3 Å². The van der Waals surface area contributed by atoms with Crippen molar-refractivity contribution in [1.82, 2.24) is 45.2 Å². The summed E-state index contributed by atoms with van der Waals surface area (Å²) in [6.07, 6.45) is 4.91. The van der Waals surface area contributed by atoms with Crippen molar-refractivity contribution in [1.29, 1.82) is 0 Å². The second-order valence-electron chi connectivity index (χ2n) is 22.6. The van der Waals surface area contributed by atoms with Gasteiger partial charge >= 0.3 is 13.3 Å². The van der Waals surface area contributed by atoms with Crippen molar-refractivity contribution < 1.29 is 57.5 Å². The van der Waals surface area contributed by atoms with Gasteiger partial charge in [-0.25, -0.2) is 4.79 Å². The van der Waals surface area contributed by atoms with E-state index in [4.69, 9.17) is 5.73 Å². The van der Waals surface area contributed by atoms with Crippen molar-refractivity contribution in [2.75, 3.05) is 13.1 Å². The van der Waals surface area contributed by atoms with Crippen molar-refractivity contribution in [3.05, 3.63) is 142 Å². The lowest BCUT2D eigenvalue weighted by Gasteiger charge is -2.39. The zero-order chi connectivity index (χ0) is 59.6. The zero-order valence-electron chi connectivity index (χ0n) is 46.2. The van der Waals surface area contributed by atoms with Gasteiger partial charge in [-0.3, -0.25) is 62.2 Å². The Labute approximate surface area is 482 Å². The first-order valence-corrected chi connectivity index (χ1v) is 30.0. The van der Waals surface area contributed by atoms with Crippen molar-refractivity contribution in [2.45, 2.75) is 120 Å². The molecule has 9 N–H and O–H groups in total. The number of H-pyrrole nitrogens is 1. The predicted molar refractivity (Wildman–Crippen MR) is 306 cm³/mol. The van der Waals surface area contributed by atoms with Crippen LogP contribution in [0.15, 0.2) is 108 Å². The summed E-state index contributed by atoms with van der Waals surface area (Å²) in [5.74, 6) is -4.13. The molecule has 3 aliphatic heterocycles. The number of aromatic amines is 1. The number of imide groups is 1. The number of amides is 8. The number of nitrogens with two attached hydrogens (primary N) is 1. The van der Waals surface area contributed by atoms with E-state index in [1.54, 1.807) is 11.9 Å². The maximum Gasteiger partial charge on any atom is 0.396 e. The molecule has 5 atom stereocenters. The highest BCUT2D eigenvalue weighted by atomic mass is 31.2. The van der Waals surface area contributed by atoms with Gasteiger partial charge < -0.3 is 46.3 Å². The van der Waals surface area contributed by atoms with E-state index in [9.17, 15) is 57.5 Å². The number of hydrogen-bond donors (Lipinski definition) is 8. The molecule has 2 aromatic heterocycles. The molecule has 0 spiro atoms. The topological polar surface area (TPSA) is 335 Å². The molecule has 440 valence electrons. The maximum atomic E-state index is 15.2. The van der Waals surface area contributed by atoms with E-state index >= 15 is 4.79 Å². The predicted octanol–water partition coefficient (Wildman–Crippen LogP) is 3.90. The maximum absolute atomic E-state index is 15.2. The number of rotatable bonds is 18. The smallest absolute Gasteiger partial charge is 0.370 e. The van der Waals surface area contributed by atoms with Crippen LogP contribution in [0.4, 0.5) is 0 Å². The molecule has 4 aliphatic rings. The molecule has 3 saturated heterocycles. The molecule has 24 heteroatoms. The molecule has 84 heavy (non-hydrogen) atoms. The Morgan fingerprint density at radius 1 is 0.774 bits per heavy atom. The number of imidazole rings is 1. The summed E-state index contributed by atoms with van der Waals surface area (Å²) in [6.45, 7) is -0.0654. The summed E-state index contributed by atoms with van der Waals surface area (Å²) < 4.78 is 14.8. The fourth-order valence-electron chi connectivity index (χ4n) is 12.6. The third-order valence-corrected chi connectivity index (χ3v) is 17.8. The van der Waals surface area contributed by atoms with E-state index in [1.807, 2.05) is 78.9 Å². The summed E-state index contributed by atoms with van der Waals surface area (Å²) in [6, 6.07) is 23.7. The molecule has 4 fully saturated rings. The standard InChI is InChI=1S/C60H67N10O13P/c1-67-49-29-36(16-21-46(49)70(60(67)80)48-23-25-51(72)65-57(48)77)28-34-12-14-35(15-13-34)30-52(73)68-27-26-41-18-22-47(56(76)63-43(20-24-50(61)71)54(74)66-53(37-8-4-2-5-9-37)38-10-6-3-7-11-38)69(41)58(78)45(33-68)64-55(75)44-32-40-31-39(17-19-42(40)62-44)59(79)84(81,82)83/h2-11,16-17,19,21,29,31-32,34-35,41,43,45,47-48,53,62H,12-15,18,20,22-28,30,33H2,1H3,(H2,61,71)(H,63,76)(H,64,75)(H,66,74)(H,65,72,77)(H2,81,82,83)/t34?,35?,41?,43-,45-,47-,48-/m0/s1. The van der Waals surface area contributed by atoms with Crippen LogP contribution in [0.5, 0.6) is 0 Å². The van der Waals surface area contributed by atoms with Gasteiger partial charge in [0, 0.05) is 61.9 Å². The van der Waals surface area contributed by atoms with E-state index in [0.717, 1.165) is 48.8 Å². The largest absolute Gasteiger partial charge is 0.396 e. The van der Waals surface area contributed by atoms with Crippen LogP contribution in [0.1, 0.15) is 127 Å². The van der Waals surface area contributed by atoms with Crippen molar-refractivity contribution in [3.8, 4) is 0 Å². The third kappa shape index (κ3) is 12.8. The molecule has 6 aromatic rings. The number of aromatic nitrogens is 3. The molecule has 5 heterocycles. The molecular weight excluding hydrogens is 1100 g/mol. The van der Waals surface area contributed by atoms with Crippen molar-refractivity contribution in [3.63, 3.8) is 0 Å². The highest BCUT2D eigenvalue weighted by molar-refractivity contribution is 7.70. The first-order chi connectivity index (χ1) is 40.2. The molecular formula is C60H67N10O13P. The summed E-state index contributed by atoms with van der Waals surface area (Å²) in [5, 5.41) is 11.3. The second kappa shape index (κ2) is 24.7. The number of hydrogen-bond acceptors (Lipinski definition) is 11. The van der Waals surface area contributed by atoms with Gasteiger partial charge in [0.1, 0.15) is 29.9 Å². The van der Waals surface area contributed by atoms with Gasteiger partial charge in [-0.15, -0.1) is 0 Å². The van der Waals surface area contributed by atoms with Gasteiger partial charge in [0.25, 0.3) is 11.4 Å². The average Bonchev–Trinajstić information content (AvgIpc) is 3.38. The third-order valence-electron chi connectivity index (χ3n) is 17.0. The molecule has 0 radical (unpaired) electrons. The highest BCUT2D eigenvalue weighted by Gasteiger charge is 2.46. The average molecular weight is 1170 g/mol. The number of benzene rings is 4. The number of aryl methyl sites for hydroxylation is 1. The van der Waals surface area contributed by atoms with Crippen LogP contribution in [0.3, 0.4) is 0 Å². The summed E-state index contributed by atoms with van der Waals surface area (Å²) in [5.41, 5.74) is 7.66. The molecule has 4 aromatic carbocycles. The zero-order valence-corrected chi connectivity index (χ0v) is 47.1. The molecule has 1 unspecified atom stereocenters. The Kier molecular flexibility index (Phi) is 17.3. The Morgan fingerprint density at radius 3 is 2.13 bits per heavy atom. The number of carbonyl (C=O) groups is 9.